The lowest BCUT2D eigenvalue weighted by atomic mass is 10.0. The van der Waals surface area contributed by atoms with E-state index in [0.717, 1.165) is 25.5 Å². The number of hydrogen-bond acceptors (Lipinski definition) is 4. The Morgan fingerprint density at radius 1 is 1.19 bits per heavy atom. The molecule has 1 heterocycles. The van der Waals surface area contributed by atoms with Crippen LogP contribution >= 0.6 is 11.6 Å². The van der Waals surface area contributed by atoms with Crippen molar-refractivity contribution >= 4 is 31.6 Å². The molecule has 1 saturated heterocycles. The molecule has 1 atom stereocenters. The fourth-order valence-electron chi connectivity index (χ4n) is 2.54. The Morgan fingerprint density at radius 2 is 1.90 bits per heavy atom. The zero-order valence-electron chi connectivity index (χ0n) is 12.4. The molecule has 1 N–H and O–H groups in total. The van der Waals surface area contributed by atoms with Gasteiger partial charge in [0.2, 0.25) is 20.0 Å². The van der Waals surface area contributed by atoms with Gasteiger partial charge >= 0.3 is 0 Å². The minimum Gasteiger partial charge on any atom is -0.215 e. The second-order valence-electron chi connectivity index (χ2n) is 5.43. The molecule has 0 saturated carbocycles. The first-order valence-electron chi connectivity index (χ1n) is 7.26. The number of hydrogen-bond donors (Lipinski definition) is 1. The van der Waals surface area contributed by atoms with Crippen LogP contribution in [0.4, 0.5) is 0 Å². The maximum Gasteiger partial charge on any atom is 0.214 e. The largest absolute Gasteiger partial charge is 0.215 e. The molecule has 1 rings (SSSR count). The van der Waals surface area contributed by atoms with Crippen molar-refractivity contribution in [1.82, 2.24) is 9.03 Å². The second kappa shape index (κ2) is 8.67. The van der Waals surface area contributed by atoms with Crippen LogP contribution in [0, 0.1) is 0 Å². The molecule has 0 aromatic carbocycles. The number of piperidine rings is 1. The highest BCUT2D eigenvalue weighted by Crippen LogP contribution is 2.23. The van der Waals surface area contributed by atoms with E-state index in [-0.39, 0.29) is 18.3 Å². The van der Waals surface area contributed by atoms with Crippen molar-refractivity contribution in [3.05, 3.63) is 0 Å². The minimum atomic E-state index is -3.27. The Labute approximate surface area is 133 Å². The Hall–Kier alpha value is 0.110. The molecule has 0 aromatic rings. The van der Waals surface area contributed by atoms with E-state index in [9.17, 15) is 16.8 Å². The summed E-state index contributed by atoms with van der Waals surface area (Å²) in [6.45, 7) is 0.809. The summed E-state index contributed by atoms with van der Waals surface area (Å²) in [5, 5.41) is 0. The SMILES string of the molecule is CS(=O)(=O)NCCC1CCCCN1S(=O)(=O)CCCCCl. The first kappa shape index (κ1) is 19.2. The van der Waals surface area contributed by atoms with Gasteiger partial charge in [-0.15, -0.1) is 11.6 Å². The summed E-state index contributed by atoms with van der Waals surface area (Å²) in [7, 11) is -6.50. The minimum absolute atomic E-state index is 0.103. The zero-order valence-corrected chi connectivity index (χ0v) is 14.8. The van der Waals surface area contributed by atoms with E-state index in [0.29, 0.717) is 31.7 Å². The summed E-state index contributed by atoms with van der Waals surface area (Å²) < 4.78 is 50.9. The first-order chi connectivity index (χ1) is 9.76. The van der Waals surface area contributed by atoms with Crippen molar-refractivity contribution in [3.63, 3.8) is 0 Å². The quantitative estimate of drug-likeness (QED) is 0.493. The standard InChI is InChI=1S/C12H25ClN2O4S2/c1-20(16,17)14-9-7-12-6-2-4-10-15(12)21(18,19)11-5-3-8-13/h12,14H,2-11H2,1H3. The van der Waals surface area contributed by atoms with Gasteiger partial charge in [-0.2, -0.15) is 4.31 Å². The summed E-state index contributed by atoms with van der Waals surface area (Å²) >= 11 is 5.58. The molecule has 1 fully saturated rings. The van der Waals surface area contributed by atoms with Crippen molar-refractivity contribution in [2.75, 3.05) is 31.0 Å². The molecule has 9 heteroatoms. The molecule has 0 spiro atoms. The maximum atomic E-state index is 12.4. The molecule has 0 radical (unpaired) electrons. The van der Waals surface area contributed by atoms with Gasteiger partial charge in [-0.1, -0.05) is 6.42 Å². The van der Waals surface area contributed by atoms with Crippen LogP contribution in [0.3, 0.4) is 0 Å². The Morgan fingerprint density at radius 3 is 2.52 bits per heavy atom. The molecule has 126 valence electrons. The van der Waals surface area contributed by atoms with E-state index in [4.69, 9.17) is 11.6 Å². The Bertz CT molecular complexity index is 507. The molecular formula is C12H25ClN2O4S2. The van der Waals surface area contributed by atoms with Gasteiger partial charge in [0.15, 0.2) is 0 Å². The van der Waals surface area contributed by atoms with Crippen molar-refractivity contribution in [1.29, 1.82) is 0 Å². The lowest BCUT2D eigenvalue weighted by molar-refractivity contribution is 0.241. The summed E-state index contributed by atoms with van der Waals surface area (Å²) in [5.41, 5.74) is 0. The number of unbranched alkanes of at least 4 members (excludes halogenated alkanes) is 1. The average molecular weight is 361 g/mol. The molecular weight excluding hydrogens is 336 g/mol. The van der Waals surface area contributed by atoms with Crippen LogP contribution in [-0.4, -0.2) is 58.2 Å². The summed E-state index contributed by atoms with van der Waals surface area (Å²) in [6.07, 6.45) is 5.52. The van der Waals surface area contributed by atoms with Gasteiger partial charge in [0, 0.05) is 25.0 Å². The van der Waals surface area contributed by atoms with E-state index in [1.807, 2.05) is 0 Å². The average Bonchev–Trinajstić information content (AvgIpc) is 2.38. The van der Waals surface area contributed by atoms with Crippen LogP contribution in [0.25, 0.3) is 0 Å². The third-order valence-corrected chi connectivity index (χ3v) is 6.55. The normalized spacial score (nSPS) is 21.5. The highest BCUT2D eigenvalue weighted by atomic mass is 35.5. The number of sulfonamides is 2. The zero-order chi connectivity index (χ0) is 15.9. The molecule has 6 nitrogen and oxygen atoms in total. The van der Waals surface area contributed by atoms with Crippen LogP contribution in [0.15, 0.2) is 0 Å². The van der Waals surface area contributed by atoms with Gasteiger partial charge in [-0.05, 0) is 32.1 Å². The number of nitrogens with one attached hydrogen (secondary N) is 1. The number of nitrogens with zero attached hydrogens (tertiary/aromatic N) is 1. The Kier molecular flexibility index (Phi) is 7.91. The number of halogens is 1. The predicted molar refractivity (Wildman–Crippen MR) is 85.5 cm³/mol. The molecule has 1 aliphatic rings. The van der Waals surface area contributed by atoms with E-state index in [1.54, 1.807) is 4.31 Å². The van der Waals surface area contributed by atoms with Gasteiger partial charge in [0.1, 0.15) is 0 Å². The van der Waals surface area contributed by atoms with Gasteiger partial charge in [-0.25, -0.2) is 21.6 Å². The fraction of sp³-hybridized carbons (Fsp3) is 1.00. The highest BCUT2D eigenvalue weighted by Gasteiger charge is 2.31. The van der Waals surface area contributed by atoms with Crippen molar-refractivity contribution in [2.24, 2.45) is 0 Å². The molecule has 1 unspecified atom stereocenters. The van der Waals surface area contributed by atoms with Crippen LogP contribution in [0.1, 0.15) is 38.5 Å². The van der Waals surface area contributed by atoms with E-state index in [1.165, 1.54) is 0 Å². The van der Waals surface area contributed by atoms with Crippen LogP contribution in [0.2, 0.25) is 0 Å². The third-order valence-electron chi connectivity index (χ3n) is 3.56. The second-order valence-corrected chi connectivity index (χ2v) is 9.68. The van der Waals surface area contributed by atoms with Gasteiger partial charge in [0.25, 0.3) is 0 Å². The lowest BCUT2D eigenvalue weighted by Gasteiger charge is -2.34. The number of alkyl halides is 1. The van der Waals surface area contributed by atoms with Gasteiger partial charge in [-0.3, -0.25) is 0 Å². The van der Waals surface area contributed by atoms with Crippen LogP contribution in [-0.2, 0) is 20.0 Å². The smallest absolute Gasteiger partial charge is 0.214 e. The summed E-state index contributed by atoms with van der Waals surface area (Å²) in [5.74, 6) is 0.590. The third kappa shape index (κ3) is 7.27. The van der Waals surface area contributed by atoms with E-state index >= 15 is 0 Å². The summed E-state index contributed by atoms with van der Waals surface area (Å²) in [4.78, 5) is 0. The van der Waals surface area contributed by atoms with E-state index in [2.05, 4.69) is 4.72 Å². The van der Waals surface area contributed by atoms with Crippen molar-refractivity contribution in [2.45, 2.75) is 44.6 Å². The van der Waals surface area contributed by atoms with Crippen molar-refractivity contribution < 1.29 is 16.8 Å². The summed E-state index contributed by atoms with van der Waals surface area (Å²) in [6, 6.07) is -0.103. The molecule has 0 aliphatic carbocycles. The lowest BCUT2D eigenvalue weighted by Crippen LogP contribution is -2.46. The molecule has 21 heavy (non-hydrogen) atoms. The highest BCUT2D eigenvalue weighted by molar-refractivity contribution is 7.89. The van der Waals surface area contributed by atoms with E-state index < -0.39 is 20.0 Å². The maximum absolute atomic E-state index is 12.4. The predicted octanol–water partition coefficient (Wildman–Crippen LogP) is 1.13. The fourth-order valence-corrected chi connectivity index (χ4v) is 5.09. The Balaban J connectivity index is 2.59. The molecule has 0 bridgehead atoms. The van der Waals surface area contributed by atoms with Crippen molar-refractivity contribution in [3.8, 4) is 0 Å². The molecule has 0 amide bonds. The monoisotopic (exact) mass is 360 g/mol. The molecule has 0 aromatic heterocycles. The van der Waals surface area contributed by atoms with Crippen LogP contribution in [0.5, 0.6) is 0 Å². The van der Waals surface area contributed by atoms with Crippen LogP contribution < -0.4 is 4.72 Å². The first-order valence-corrected chi connectivity index (χ1v) is 11.3. The van der Waals surface area contributed by atoms with Gasteiger partial charge in [0.05, 0.1) is 12.0 Å². The van der Waals surface area contributed by atoms with Gasteiger partial charge < -0.3 is 0 Å². The number of rotatable bonds is 9. The topological polar surface area (TPSA) is 83.6 Å². The molecule has 1 aliphatic heterocycles.